The minimum absolute atomic E-state index is 0.325. The molecule has 2 rings (SSSR count). The smallest absolute Gasteiger partial charge is 0.115 e. The van der Waals surface area contributed by atoms with Gasteiger partial charge < -0.3 is 5.11 Å². The second-order valence-electron chi connectivity index (χ2n) is 3.41. The molecule has 0 bridgehead atoms. The largest absolute Gasteiger partial charge is 0.508 e. The second kappa shape index (κ2) is 3.60. The number of hydrogen-bond acceptors (Lipinski definition) is 2. The van der Waals surface area contributed by atoms with Gasteiger partial charge in [0.15, 0.2) is 0 Å². The minimum atomic E-state index is 0.325. The van der Waals surface area contributed by atoms with Gasteiger partial charge in [-0.2, -0.15) is 0 Å². The lowest BCUT2D eigenvalue weighted by atomic mass is 9.97. The molecule has 13 heavy (non-hydrogen) atoms. The van der Waals surface area contributed by atoms with Crippen molar-refractivity contribution in [1.82, 2.24) is 0 Å². The Kier molecular flexibility index (Phi) is 2.30. The molecule has 1 saturated carbocycles. The van der Waals surface area contributed by atoms with Gasteiger partial charge in [-0.3, -0.25) is 4.99 Å². The van der Waals surface area contributed by atoms with E-state index in [-0.39, 0.29) is 0 Å². The summed E-state index contributed by atoms with van der Waals surface area (Å²) in [5, 5.41) is 9.20. The lowest BCUT2D eigenvalue weighted by Gasteiger charge is -2.14. The van der Waals surface area contributed by atoms with Crippen LogP contribution < -0.4 is 0 Å². The van der Waals surface area contributed by atoms with E-state index < -0.39 is 0 Å². The van der Waals surface area contributed by atoms with Crippen LogP contribution in [0.3, 0.4) is 0 Å². The normalized spacial score (nSPS) is 15.2. The third-order valence-corrected chi connectivity index (χ3v) is 2.33. The van der Waals surface area contributed by atoms with Gasteiger partial charge in [0, 0.05) is 5.71 Å². The zero-order chi connectivity index (χ0) is 9.10. The van der Waals surface area contributed by atoms with Gasteiger partial charge in [0.05, 0.1) is 6.54 Å². The third-order valence-electron chi connectivity index (χ3n) is 2.33. The van der Waals surface area contributed by atoms with Crippen LogP contribution in [0.25, 0.3) is 0 Å². The van der Waals surface area contributed by atoms with Crippen molar-refractivity contribution in [2.75, 3.05) is 0 Å². The van der Waals surface area contributed by atoms with E-state index >= 15 is 0 Å². The molecule has 2 nitrogen and oxygen atoms in total. The number of phenolic OH excluding ortho intramolecular Hbond substituents is 1. The average molecular weight is 175 g/mol. The standard InChI is InChI=1S/C11H13NO/c13-11-6-1-3-9(7-11)8-12-10-4-2-5-10/h1,3,6-7,13H,2,4-5,8H2. The highest BCUT2D eigenvalue weighted by Crippen LogP contribution is 2.17. The summed E-state index contributed by atoms with van der Waals surface area (Å²) in [4.78, 5) is 4.45. The molecule has 0 unspecified atom stereocenters. The predicted molar refractivity (Wildman–Crippen MR) is 53.1 cm³/mol. The Morgan fingerprint density at radius 2 is 2.15 bits per heavy atom. The molecule has 1 aliphatic rings. The van der Waals surface area contributed by atoms with Crippen LogP contribution in [0.4, 0.5) is 0 Å². The quantitative estimate of drug-likeness (QED) is 0.736. The summed E-state index contributed by atoms with van der Waals surface area (Å²) in [7, 11) is 0. The molecule has 1 fully saturated rings. The molecule has 68 valence electrons. The monoisotopic (exact) mass is 175 g/mol. The molecule has 0 atom stereocenters. The van der Waals surface area contributed by atoms with Crippen molar-refractivity contribution < 1.29 is 5.11 Å². The van der Waals surface area contributed by atoms with Crippen LogP contribution in [0.1, 0.15) is 24.8 Å². The first-order valence-electron chi connectivity index (χ1n) is 4.65. The van der Waals surface area contributed by atoms with Crippen molar-refractivity contribution in [3.63, 3.8) is 0 Å². The van der Waals surface area contributed by atoms with Crippen molar-refractivity contribution in [3.8, 4) is 5.75 Å². The van der Waals surface area contributed by atoms with E-state index in [9.17, 15) is 5.11 Å². The molecule has 2 heteroatoms. The lowest BCUT2D eigenvalue weighted by molar-refractivity contribution is 0.474. The van der Waals surface area contributed by atoms with Crippen molar-refractivity contribution in [3.05, 3.63) is 29.8 Å². The topological polar surface area (TPSA) is 32.6 Å². The minimum Gasteiger partial charge on any atom is -0.508 e. The molecule has 0 aliphatic heterocycles. The summed E-state index contributed by atoms with van der Waals surface area (Å²) < 4.78 is 0. The Bertz CT molecular complexity index is 325. The number of aromatic hydroxyl groups is 1. The van der Waals surface area contributed by atoms with E-state index in [0.717, 1.165) is 5.56 Å². The number of aliphatic imine (C=N–C) groups is 1. The molecule has 0 heterocycles. The summed E-state index contributed by atoms with van der Waals surface area (Å²) in [6.45, 7) is 0.712. The molecule has 0 spiro atoms. The second-order valence-corrected chi connectivity index (χ2v) is 3.41. The van der Waals surface area contributed by atoms with Crippen LogP contribution in [0.2, 0.25) is 0 Å². The van der Waals surface area contributed by atoms with Crippen LogP contribution in [-0.4, -0.2) is 10.8 Å². The Balaban J connectivity index is 2.01. The van der Waals surface area contributed by atoms with Crippen molar-refractivity contribution in [2.45, 2.75) is 25.8 Å². The highest BCUT2D eigenvalue weighted by Gasteiger charge is 2.08. The van der Waals surface area contributed by atoms with E-state index in [1.54, 1.807) is 12.1 Å². The third kappa shape index (κ3) is 2.08. The Hall–Kier alpha value is -1.31. The van der Waals surface area contributed by atoms with Crippen LogP contribution >= 0.6 is 0 Å². The van der Waals surface area contributed by atoms with Crippen LogP contribution in [0, 0.1) is 0 Å². The summed E-state index contributed by atoms with van der Waals surface area (Å²) in [6.07, 6.45) is 3.62. The predicted octanol–water partition coefficient (Wildman–Crippen LogP) is 2.52. The summed E-state index contributed by atoms with van der Waals surface area (Å²) >= 11 is 0. The molecule has 1 aliphatic carbocycles. The summed E-state index contributed by atoms with van der Waals surface area (Å²) in [5.41, 5.74) is 2.41. The molecule has 1 aromatic carbocycles. The van der Waals surface area contributed by atoms with Crippen LogP contribution in [-0.2, 0) is 6.54 Å². The Morgan fingerprint density at radius 3 is 2.77 bits per heavy atom. The number of benzene rings is 1. The highest BCUT2D eigenvalue weighted by molar-refractivity contribution is 5.89. The fourth-order valence-corrected chi connectivity index (χ4v) is 1.35. The van der Waals surface area contributed by atoms with Gasteiger partial charge in [-0.1, -0.05) is 12.1 Å². The Labute approximate surface area is 77.9 Å². The van der Waals surface area contributed by atoms with Crippen molar-refractivity contribution >= 4 is 5.71 Å². The van der Waals surface area contributed by atoms with Crippen LogP contribution in [0.5, 0.6) is 5.75 Å². The van der Waals surface area contributed by atoms with E-state index in [2.05, 4.69) is 4.99 Å². The fourth-order valence-electron chi connectivity index (χ4n) is 1.35. The first-order chi connectivity index (χ1) is 6.34. The number of nitrogens with zero attached hydrogens (tertiary/aromatic N) is 1. The molecule has 0 saturated heterocycles. The maximum atomic E-state index is 9.20. The highest BCUT2D eigenvalue weighted by atomic mass is 16.3. The maximum absolute atomic E-state index is 9.20. The molecule has 0 amide bonds. The van der Waals surface area contributed by atoms with Crippen molar-refractivity contribution in [2.24, 2.45) is 4.99 Å². The van der Waals surface area contributed by atoms with Crippen LogP contribution in [0.15, 0.2) is 29.3 Å². The zero-order valence-corrected chi connectivity index (χ0v) is 7.53. The van der Waals surface area contributed by atoms with Gasteiger partial charge in [-0.25, -0.2) is 0 Å². The number of phenols is 1. The zero-order valence-electron chi connectivity index (χ0n) is 7.53. The molecule has 1 aromatic rings. The number of rotatable bonds is 2. The summed E-state index contributed by atoms with van der Waals surface area (Å²) in [6, 6.07) is 7.29. The van der Waals surface area contributed by atoms with Gasteiger partial charge in [-0.05, 0) is 37.0 Å². The molecule has 0 aromatic heterocycles. The van der Waals surface area contributed by atoms with E-state index in [4.69, 9.17) is 0 Å². The average Bonchev–Trinajstić information content (AvgIpc) is 2.01. The van der Waals surface area contributed by atoms with Gasteiger partial charge in [0.1, 0.15) is 5.75 Å². The van der Waals surface area contributed by atoms with Crippen molar-refractivity contribution in [1.29, 1.82) is 0 Å². The van der Waals surface area contributed by atoms with Gasteiger partial charge in [0.25, 0.3) is 0 Å². The first kappa shape index (κ1) is 8.30. The lowest BCUT2D eigenvalue weighted by Crippen LogP contribution is -2.09. The van der Waals surface area contributed by atoms with E-state index in [1.165, 1.54) is 25.0 Å². The maximum Gasteiger partial charge on any atom is 0.115 e. The van der Waals surface area contributed by atoms with E-state index in [0.29, 0.717) is 12.3 Å². The summed E-state index contributed by atoms with van der Waals surface area (Å²) in [5.74, 6) is 0.325. The van der Waals surface area contributed by atoms with Gasteiger partial charge in [-0.15, -0.1) is 0 Å². The molecular weight excluding hydrogens is 162 g/mol. The van der Waals surface area contributed by atoms with E-state index in [1.807, 2.05) is 12.1 Å². The SMILES string of the molecule is Oc1cccc(CN=C2CCC2)c1. The Morgan fingerprint density at radius 1 is 1.31 bits per heavy atom. The fraction of sp³-hybridized carbons (Fsp3) is 0.364. The van der Waals surface area contributed by atoms with Gasteiger partial charge in [0.2, 0.25) is 0 Å². The first-order valence-corrected chi connectivity index (χ1v) is 4.65. The van der Waals surface area contributed by atoms with Gasteiger partial charge >= 0.3 is 0 Å². The molecular formula is C11H13NO. The number of hydrogen-bond donors (Lipinski definition) is 1. The molecule has 1 N–H and O–H groups in total. The molecule has 0 radical (unpaired) electrons.